The number of hydrogen-bond acceptors (Lipinski definition) is 4. The van der Waals surface area contributed by atoms with Gasteiger partial charge in [-0.3, -0.25) is 9.67 Å². The van der Waals surface area contributed by atoms with Gasteiger partial charge in [-0.1, -0.05) is 0 Å². The number of nitrogens with zero attached hydrogens (tertiary/aromatic N) is 3. The van der Waals surface area contributed by atoms with Gasteiger partial charge in [-0.2, -0.15) is 5.10 Å². The third kappa shape index (κ3) is 10.1. The number of halogens is 1. The van der Waals surface area contributed by atoms with Gasteiger partial charge in [-0.25, -0.2) is 0 Å². The van der Waals surface area contributed by atoms with Crippen LogP contribution in [-0.2, 0) is 16.0 Å². The Hall–Kier alpha value is -0.870. The number of rotatable bonds is 11. The van der Waals surface area contributed by atoms with Gasteiger partial charge < -0.3 is 20.1 Å². The Bertz CT molecular complexity index is 465. The highest BCUT2D eigenvalue weighted by atomic mass is 127. The zero-order valence-corrected chi connectivity index (χ0v) is 17.6. The molecular formula is C16H32IN5O2. The minimum absolute atomic E-state index is 0. The number of methoxy groups -OCH3 is 1. The van der Waals surface area contributed by atoms with Gasteiger partial charge in [0.25, 0.3) is 0 Å². The number of aromatic nitrogens is 2. The van der Waals surface area contributed by atoms with E-state index in [1.54, 1.807) is 14.2 Å². The average molecular weight is 453 g/mol. The Balaban J connectivity index is 0.00000529. The van der Waals surface area contributed by atoms with Crippen molar-refractivity contribution in [3.8, 4) is 0 Å². The molecule has 140 valence electrons. The fourth-order valence-corrected chi connectivity index (χ4v) is 2.18. The van der Waals surface area contributed by atoms with Crippen molar-refractivity contribution in [1.29, 1.82) is 0 Å². The van der Waals surface area contributed by atoms with Crippen molar-refractivity contribution in [2.24, 2.45) is 4.99 Å². The van der Waals surface area contributed by atoms with E-state index in [1.807, 2.05) is 11.6 Å². The maximum Gasteiger partial charge on any atom is 0.190 e. The summed E-state index contributed by atoms with van der Waals surface area (Å²) < 4.78 is 12.4. The van der Waals surface area contributed by atoms with Crippen molar-refractivity contribution in [2.75, 3.05) is 47.1 Å². The number of ether oxygens (including phenoxy) is 2. The van der Waals surface area contributed by atoms with Crippen LogP contribution in [0.2, 0.25) is 0 Å². The maximum atomic E-state index is 5.42. The lowest BCUT2D eigenvalue weighted by atomic mass is 10.4. The van der Waals surface area contributed by atoms with E-state index in [1.165, 1.54) is 5.69 Å². The van der Waals surface area contributed by atoms with Crippen LogP contribution in [0.1, 0.15) is 24.2 Å². The number of aliphatic imine (C=N–C) groups is 1. The molecule has 0 bridgehead atoms. The van der Waals surface area contributed by atoms with Crippen molar-refractivity contribution >= 4 is 29.9 Å². The molecule has 1 heterocycles. The van der Waals surface area contributed by atoms with E-state index in [2.05, 4.69) is 33.7 Å². The summed E-state index contributed by atoms with van der Waals surface area (Å²) in [6.45, 7) is 8.74. The molecule has 0 aliphatic rings. The van der Waals surface area contributed by atoms with Crippen LogP contribution < -0.4 is 10.6 Å². The zero-order valence-electron chi connectivity index (χ0n) is 15.3. The molecule has 8 heteroatoms. The highest BCUT2D eigenvalue weighted by Crippen LogP contribution is 2.02. The summed E-state index contributed by atoms with van der Waals surface area (Å²) in [7, 11) is 3.46. The van der Waals surface area contributed by atoms with Crippen LogP contribution in [0.25, 0.3) is 0 Å². The van der Waals surface area contributed by atoms with E-state index in [0.717, 1.165) is 50.7 Å². The highest BCUT2D eigenvalue weighted by molar-refractivity contribution is 14.0. The molecule has 1 aromatic heterocycles. The molecule has 0 radical (unpaired) electrons. The molecule has 2 N–H and O–H groups in total. The van der Waals surface area contributed by atoms with E-state index in [4.69, 9.17) is 9.47 Å². The predicted molar refractivity (Wildman–Crippen MR) is 108 cm³/mol. The third-order valence-electron chi connectivity index (χ3n) is 3.36. The fraction of sp³-hybridized carbons (Fsp3) is 0.750. The fourth-order valence-electron chi connectivity index (χ4n) is 2.18. The number of hydrogen-bond donors (Lipinski definition) is 2. The van der Waals surface area contributed by atoms with E-state index in [-0.39, 0.29) is 24.0 Å². The van der Waals surface area contributed by atoms with Crippen LogP contribution in [0.15, 0.2) is 11.1 Å². The summed E-state index contributed by atoms with van der Waals surface area (Å²) in [6.07, 6.45) is 1.94. The van der Waals surface area contributed by atoms with Gasteiger partial charge in [-0.15, -0.1) is 24.0 Å². The SMILES string of the molecule is CN=C(NCCCOCCOC)NCCCn1nc(C)cc1C.I. The molecule has 0 aromatic carbocycles. The van der Waals surface area contributed by atoms with Crippen LogP contribution in [0.4, 0.5) is 0 Å². The van der Waals surface area contributed by atoms with Gasteiger partial charge >= 0.3 is 0 Å². The van der Waals surface area contributed by atoms with E-state index < -0.39 is 0 Å². The van der Waals surface area contributed by atoms with E-state index >= 15 is 0 Å². The Morgan fingerprint density at radius 3 is 2.46 bits per heavy atom. The van der Waals surface area contributed by atoms with Crippen LogP contribution >= 0.6 is 24.0 Å². The molecule has 0 atom stereocenters. The minimum Gasteiger partial charge on any atom is -0.382 e. The topological polar surface area (TPSA) is 72.7 Å². The molecule has 0 fully saturated rings. The first-order valence-electron chi connectivity index (χ1n) is 8.19. The van der Waals surface area contributed by atoms with Gasteiger partial charge in [0, 0.05) is 46.1 Å². The molecule has 1 aromatic rings. The quantitative estimate of drug-likeness (QED) is 0.231. The molecule has 0 amide bonds. The number of aryl methyl sites for hydroxylation is 3. The Morgan fingerprint density at radius 2 is 1.88 bits per heavy atom. The van der Waals surface area contributed by atoms with Crippen molar-refractivity contribution in [3.63, 3.8) is 0 Å². The Kier molecular flexibility index (Phi) is 13.9. The summed E-state index contributed by atoms with van der Waals surface area (Å²) in [5.74, 6) is 0.829. The molecular weight excluding hydrogens is 421 g/mol. The van der Waals surface area contributed by atoms with E-state index in [9.17, 15) is 0 Å². The minimum atomic E-state index is 0. The summed E-state index contributed by atoms with van der Waals surface area (Å²) in [5, 5.41) is 11.1. The third-order valence-corrected chi connectivity index (χ3v) is 3.36. The van der Waals surface area contributed by atoms with Gasteiger partial charge in [-0.05, 0) is 32.8 Å². The molecule has 0 aliphatic carbocycles. The summed E-state index contributed by atoms with van der Waals surface area (Å²) >= 11 is 0. The van der Waals surface area contributed by atoms with Gasteiger partial charge in [0.15, 0.2) is 5.96 Å². The summed E-state index contributed by atoms with van der Waals surface area (Å²) in [5.41, 5.74) is 2.28. The number of nitrogens with one attached hydrogen (secondary N) is 2. The van der Waals surface area contributed by atoms with Crippen molar-refractivity contribution in [2.45, 2.75) is 33.2 Å². The lowest BCUT2D eigenvalue weighted by Crippen LogP contribution is -2.38. The first kappa shape index (κ1) is 23.1. The van der Waals surface area contributed by atoms with E-state index in [0.29, 0.717) is 13.2 Å². The molecule has 0 spiro atoms. The first-order chi connectivity index (χ1) is 11.2. The molecule has 1 rings (SSSR count). The second-order valence-corrected chi connectivity index (χ2v) is 5.39. The normalized spacial score (nSPS) is 11.2. The second-order valence-electron chi connectivity index (χ2n) is 5.39. The Labute approximate surface area is 162 Å². The largest absolute Gasteiger partial charge is 0.382 e. The first-order valence-corrected chi connectivity index (χ1v) is 8.19. The smallest absolute Gasteiger partial charge is 0.190 e. The van der Waals surface area contributed by atoms with Crippen LogP contribution in [0, 0.1) is 13.8 Å². The molecule has 0 saturated heterocycles. The summed E-state index contributed by atoms with van der Waals surface area (Å²) in [6, 6.07) is 2.10. The average Bonchev–Trinajstić information content (AvgIpc) is 2.86. The predicted octanol–water partition coefficient (Wildman–Crippen LogP) is 1.73. The lowest BCUT2D eigenvalue weighted by molar-refractivity contribution is 0.0698. The molecule has 0 unspecified atom stereocenters. The standard InChI is InChI=1S/C16H31N5O2.HI/c1-14-13-15(2)21(20-14)9-5-7-18-16(17-3)19-8-6-10-23-12-11-22-4;/h13H,5-12H2,1-4H3,(H2,17,18,19);1H. The van der Waals surface area contributed by atoms with Crippen molar-refractivity contribution in [3.05, 3.63) is 17.5 Å². The second kappa shape index (κ2) is 14.5. The maximum absolute atomic E-state index is 5.42. The molecule has 0 saturated carbocycles. The number of guanidine groups is 1. The summed E-state index contributed by atoms with van der Waals surface area (Å²) in [4.78, 5) is 4.21. The monoisotopic (exact) mass is 453 g/mol. The molecule has 7 nitrogen and oxygen atoms in total. The van der Waals surface area contributed by atoms with Gasteiger partial charge in [0.05, 0.1) is 18.9 Å². The van der Waals surface area contributed by atoms with Gasteiger partial charge in [0.2, 0.25) is 0 Å². The van der Waals surface area contributed by atoms with Gasteiger partial charge in [0.1, 0.15) is 0 Å². The van der Waals surface area contributed by atoms with Crippen LogP contribution in [0.3, 0.4) is 0 Å². The Morgan fingerprint density at radius 1 is 1.17 bits per heavy atom. The van der Waals surface area contributed by atoms with Crippen LogP contribution in [-0.4, -0.2) is 62.8 Å². The molecule has 0 aliphatic heterocycles. The zero-order chi connectivity index (χ0) is 16.9. The van der Waals surface area contributed by atoms with Crippen molar-refractivity contribution in [1.82, 2.24) is 20.4 Å². The van der Waals surface area contributed by atoms with Crippen LogP contribution in [0.5, 0.6) is 0 Å². The lowest BCUT2D eigenvalue weighted by Gasteiger charge is -2.12. The highest BCUT2D eigenvalue weighted by Gasteiger charge is 2.01. The molecule has 24 heavy (non-hydrogen) atoms. The van der Waals surface area contributed by atoms with Crippen molar-refractivity contribution < 1.29 is 9.47 Å².